The van der Waals surface area contributed by atoms with Crippen molar-refractivity contribution in [3.8, 4) is 5.75 Å². The summed E-state index contributed by atoms with van der Waals surface area (Å²) in [5, 5.41) is 10.9. The first kappa shape index (κ1) is 15.3. The number of nitro groups is 1. The van der Waals surface area contributed by atoms with E-state index < -0.39 is 4.92 Å². The highest BCUT2D eigenvalue weighted by molar-refractivity contribution is 5.78. The number of nitro benzene ring substituents is 1. The van der Waals surface area contributed by atoms with Gasteiger partial charge in [-0.25, -0.2) is 0 Å². The maximum atomic E-state index is 12.1. The van der Waals surface area contributed by atoms with Crippen LogP contribution >= 0.6 is 0 Å². The Labute approximate surface area is 123 Å². The maximum absolute atomic E-state index is 12.1. The number of carbonyl (C=O) groups excluding carboxylic acids is 1. The van der Waals surface area contributed by atoms with Gasteiger partial charge in [0.15, 0.2) is 12.4 Å². The molecule has 21 heavy (non-hydrogen) atoms. The van der Waals surface area contributed by atoms with E-state index in [9.17, 15) is 14.9 Å². The van der Waals surface area contributed by atoms with Gasteiger partial charge >= 0.3 is 5.69 Å². The van der Waals surface area contributed by atoms with E-state index in [2.05, 4.69) is 0 Å². The van der Waals surface area contributed by atoms with E-state index in [0.717, 1.165) is 25.7 Å². The van der Waals surface area contributed by atoms with E-state index in [4.69, 9.17) is 4.74 Å². The van der Waals surface area contributed by atoms with E-state index in [-0.39, 0.29) is 30.0 Å². The van der Waals surface area contributed by atoms with Crippen LogP contribution in [0.25, 0.3) is 0 Å². The van der Waals surface area contributed by atoms with E-state index in [0.29, 0.717) is 0 Å². The number of benzene rings is 1. The number of hydrogen-bond donors (Lipinski definition) is 0. The van der Waals surface area contributed by atoms with Crippen molar-refractivity contribution in [1.29, 1.82) is 0 Å². The molecule has 0 heterocycles. The lowest BCUT2D eigenvalue weighted by atomic mass is 9.94. The van der Waals surface area contributed by atoms with Crippen molar-refractivity contribution in [3.63, 3.8) is 0 Å². The molecule has 0 aliphatic heterocycles. The second kappa shape index (κ2) is 7.06. The second-order valence-corrected chi connectivity index (χ2v) is 5.31. The zero-order chi connectivity index (χ0) is 15.2. The number of ether oxygens (including phenoxy) is 1. The van der Waals surface area contributed by atoms with Crippen molar-refractivity contribution in [2.75, 3.05) is 13.7 Å². The van der Waals surface area contributed by atoms with E-state index in [1.807, 2.05) is 0 Å². The lowest BCUT2D eigenvalue weighted by Gasteiger charge is -2.31. The number of likely N-dealkylation sites (N-methyl/N-ethyl adjacent to an activating group) is 1. The summed E-state index contributed by atoms with van der Waals surface area (Å²) in [6, 6.07) is 6.36. The average molecular weight is 292 g/mol. The highest BCUT2D eigenvalue weighted by atomic mass is 16.6. The van der Waals surface area contributed by atoms with Gasteiger partial charge in [-0.05, 0) is 18.9 Å². The topological polar surface area (TPSA) is 72.7 Å². The standard InChI is InChI=1S/C15H20N2O4/c1-16(12-7-3-2-4-8-12)15(18)11-21-14-10-6-5-9-13(14)17(19)20/h5-6,9-10,12H,2-4,7-8,11H2,1H3. The number of rotatable bonds is 5. The molecule has 0 saturated heterocycles. The summed E-state index contributed by atoms with van der Waals surface area (Å²) < 4.78 is 5.34. The molecule has 1 aromatic carbocycles. The summed E-state index contributed by atoms with van der Waals surface area (Å²) in [7, 11) is 1.78. The van der Waals surface area contributed by atoms with Crippen LogP contribution in [0.2, 0.25) is 0 Å². The van der Waals surface area contributed by atoms with Crippen LogP contribution in [0.15, 0.2) is 24.3 Å². The molecule has 6 nitrogen and oxygen atoms in total. The third-order valence-corrected chi connectivity index (χ3v) is 3.93. The van der Waals surface area contributed by atoms with Gasteiger partial charge in [-0.15, -0.1) is 0 Å². The molecule has 6 heteroatoms. The zero-order valence-corrected chi connectivity index (χ0v) is 12.2. The van der Waals surface area contributed by atoms with Crippen LogP contribution in [0, 0.1) is 10.1 Å². The minimum atomic E-state index is -0.509. The summed E-state index contributed by atoms with van der Waals surface area (Å²) in [5.74, 6) is -0.00653. The molecule has 2 rings (SSSR count). The van der Waals surface area contributed by atoms with Gasteiger partial charge in [-0.3, -0.25) is 14.9 Å². The van der Waals surface area contributed by atoms with Crippen molar-refractivity contribution < 1.29 is 14.5 Å². The van der Waals surface area contributed by atoms with Gasteiger partial charge in [0, 0.05) is 19.2 Å². The number of amides is 1. The molecule has 0 radical (unpaired) electrons. The highest BCUT2D eigenvalue weighted by Crippen LogP contribution is 2.26. The molecule has 0 N–H and O–H groups in total. The van der Waals surface area contributed by atoms with Crippen molar-refractivity contribution >= 4 is 11.6 Å². The summed E-state index contributed by atoms with van der Waals surface area (Å²) in [4.78, 5) is 24.2. The molecular weight excluding hydrogens is 272 g/mol. The summed E-state index contributed by atoms with van der Waals surface area (Å²) in [6.07, 6.45) is 5.56. The minimum Gasteiger partial charge on any atom is -0.477 e. The third-order valence-electron chi connectivity index (χ3n) is 3.93. The quantitative estimate of drug-likeness (QED) is 0.618. The molecule has 114 valence electrons. The Hall–Kier alpha value is -2.11. The average Bonchev–Trinajstić information content (AvgIpc) is 2.52. The normalized spacial score (nSPS) is 15.5. The fourth-order valence-electron chi connectivity index (χ4n) is 2.64. The number of hydrogen-bond acceptors (Lipinski definition) is 4. The summed E-state index contributed by atoms with van der Waals surface area (Å²) in [5.41, 5.74) is -0.120. The van der Waals surface area contributed by atoms with Gasteiger partial charge < -0.3 is 9.64 Å². The first-order chi connectivity index (χ1) is 10.1. The maximum Gasteiger partial charge on any atom is 0.310 e. The molecule has 1 fully saturated rings. The molecule has 1 amide bonds. The van der Waals surface area contributed by atoms with Gasteiger partial charge in [0.2, 0.25) is 0 Å². The molecule has 1 aliphatic rings. The molecule has 1 aliphatic carbocycles. The van der Waals surface area contributed by atoms with Crippen LogP contribution in [0.1, 0.15) is 32.1 Å². The van der Waals surface area contributed by atoms with Crippen LogP contribution in [0.3, 0.4) is 0 Å². The molecule has 1 saturated carbocycles. The number of para-hydroxylation sites is 2. The van der Waals surface area contributed by atoms with Crippen molar-refractivity contribution in [3.05, 3.63) is 34.4 Å². The SMILES string of the molecule is CN(C(=O)COc1ccccc1[N+](=O)[O-])C1CCCCC1. The molecule has 0 unspecified atom stereocenters. The molecule has 0 aromatic heterocycles. The fourth-order valence-corrected chi connectivity index (χ4v) is 2.64. The smallest absolute Gasteiger partial charge is 0.310 e. The Kier molecular flexibility index (Phi) is 5.14. The second-order valence-electron chi connectivity index (χ2n) is 5.31. The number of nitrogens with zero attached hydrogens (tertiary/aromatic N) is 2. The predicted molar refractivity (Wildman–Crippen MR) is 78.2 cm³/mol. The van der Waals surface area contributed by atoms with Crippen molar-refractivity contribution in [2.24, 2.45) is 0 Å². The van der Waals surface area contributed by atoms with Crippen LogP contribution in [0.4, 0.5) is 5.69 Å². The minimum absolute atomic E-state index is 0.120. The van der Waals surface area contributed by atoms with E-state index in [1.54, 1.807) is 24.1 Å². The van der Waals surface area contributed by atoms with E-state index >= 15 is 0 Å². The lowest BCUT2D eigenvalue weighted by Crippen LogP contribution is -2.40. The van der Waals surface area contributed by atoms with Crippen LogP contribution in [-0.4, -0.2) is 35.4 Å². The lowest BCUT2D eigenvalue weighted by molar-refractivity contribution is -0.385. The molecule has 0 spiro atoms. The predicted octanol–water partition coefficient (Wildman–Crippen LogP) is 2.76. The Balaban J connectivity index is 1.93. The van der Waals surface area contributed by atoms with Crippen LogP contribution < -0.4 is 4.74 Å². The Morgan fingerprint density at radius 1 is 1.33 bits per heavy atom. The largest absolute Gasteiger partial charge is 0.477 e. The Morgan fingerprint density at radius 3 is 2.67 bits per heavy atom. The van der Waals surface area contributed by atoms with Crippen LogP contribution in [-0.2, 0) is 4.79 Å². The molecule has 0 atom stereocenters. The monoisotopic (exact) mass is 292 g/mol. The van der Waals surface area contributed by atoms with E-state index in [1.165, 1.54) is 18.6 Å². The Morgan fingerprint density at radius 2 is 2.00 bits per heavy atom. The third kappa shape index (κ3) is 3.93. The Bertz CT molecular complexity index is 512. The van der Waals surface area contributed by atoms with Crippen molar-refractivity contribution in [1.82, 2.24) is 4.90 Å². The summed E-state index contributed by atoms with van der Waals surface area (Å²) in [6.45, 7) is -0.169. The van der Waals surface area contributed by atoms with Gasteiger partial charge in [-0.1, -0.05) is 31.4 Å². The molecule has 0 bridgehead atoms. The first-order valence-corrected chi connectivity index (χ1v) is 7.21. The van der Waals surface area contributed by atoms with Gasteiger partial charge in [-0.2, -0.15) is 0 Å². The van der Waals surface area contributed by atoms with Gasteiger partial charge in [0.1, 0.15) is 0 Å². The fraction of sp³-hybridized carbons (Fsp3) is 0.533. The molecular formula is C15H20N2O4. The number of carbonyl (C=O) groups is 1. The zero-order valence-electron chi connectivity index (χ0n) is 12.2. The van der Waals surface area contributed by atoms with Crippen molar-refractivity contribution in [2.45, 2.75) is 38.1 Å². The molecule has 1 aromatic rings. The van der Waals surface area contributed by atoms with Gasteiger partial charge in [0.25, 0.3) is 5.91 Å². The van der Waals surface area contributed by atoms with Gasteiger partial charge in [0.05, 0.1) is 4.92 Å². The van der Waals surface area contributed by atoms with Crippen LogP contribution in [0.5, 0.6) is 5.75 Å². The summed E-state index contributed by atoms with van der Waals surface area (Å²) >= 11 is 0. The first-order valence-electron chi connectivity index (χ1n) is 7.21. The highest BCUT2D eigenvalue weighted by Gasteiger charge is 2.23.